The van der Waals surface area contributed by atoms with Crippen LogP contribution >= 0.6 is 11.6 Å². The van der Waals surface area contributed by atoms with Crippen molar-refractivity contribution in [3.8, 4) is 0 Å². The minimum atomic E-state index is -4.45. The maximum Gasteiger partial charge on any atom is 0.417 e. The number of hydrogen-bond donors (Lipinski definition) is 0. The third kappa shape index (κ3) is 5.08. The van der Waals surface area contributed by atoms with Gasteiger partial charge in [0.15, 0.2) is 0 Å². The molecule has 116 valence electrons. The van der Waals surface area contributed by atoms with Crippen molar-refractivity contribution >= 4 is 11.6 Å². The molecule has 1 heterocycles. The molecule has 6 heteroatoms. The van der Waals surface area contributed by atoms with Gasteiger partial charge in [0, 0.05) is 6.20 Å². The monoisotopic (exact) mass is 319 g/mol. The maximum absolute atomic E-state index is 12.5. The van der Waals surface area contributed by atoms with Crippen molar-refractivity contribution in [1.29, 1.82) is 0 Å². The van der Waals surface area contributed by atoms with Crippen molar-refractivity contribution in [3.05, 3.63) is 52.0 Å². The molecule has 0 aromatic carbocycles. The Morgan fingerprint density at radius 1 is 1.43 bits per heavy atom. The zero-order chi connectivity index (χ0) is 16.0. The lowest BCUT2D eigenvalue weighted by molar-refractivity contribution is -0.137. The number of rotatable bonds is 5. The van der Waals surface area contributed by atoms with Crippen LogP contribution < -0.4 is 0 Å². The quantitative estimate of drug-likeness (QED) is 0.526. The summed E-state index contributed by atoms with van der Waals surface area (Å²) in [6.07, 6.45) is 0.752. The van der Waals surface area contributed by atoms with E-state index in [1.165, 1.54) is 0 Å². The molecule has 1 rings (SSSR count). The first kappa shape index (κ1) is 17.6. The third-order valence-corrected chi connectivity index (χ3v) is 3.21. The molecule has 0 aliphatic rings. The van der Waals surface area contributed by atoms with Crippen LogP contribution in [0.4, 0.5) is 13.2 Å². The summed E-state index contributed by atoms with van der Waals surface area (Å²) in [7, 11) is 0. The zero-order valence-corrected chi connectivity index (χ0v) is 12.8. The van der Waals surface area contributed by atoms with Crippen molar-refractivity contribution in [2.45, 2.75) is 40.0 Å². The Labute approximate surface area is 127 Å². The number of halogens is 4. The molecule has 0 saturated carbocycles. The number of hydrogen-bond acceptors (Lipinski definition) is 2. The summed E-state index contributed by atoms with van der Waals surface area (Å²) in [5, 5.41) is -0.0567. The summed E-state index contributed by atoms with van der Waals surface area (Å²) < 4.78 is 43.1. The van der Waals surface area contributed by atoms with Crippen molar-refractivity contribution in [3.63, 3.8) is 0 Å². The zero-order valence-electron chi connectivity index (χ0n) is 12.1. The molecule has 0 radical (unpaired) electrons. The molecule has 0 aliphatic heterocycles. The largest absolute Gasteiger partial charge is 0.487 e. The van der Waals surface area contributed by atoms with E-state index in [1.54, 1.807) is 6.08 Å². The Morgan fingerprint density at radius 2 is 2.10 bits per heavy atom. The van der Waals surface area contributed by atoms with Gasteiger partial charge in [-0.1, -0.05) is 24.6 Å². The van der Waals surface area contributed by atoms with Gasteiger partial charge in [0.25, 0.3) is 0 Å². The molecule has 0 amide bonds. The van der Waals surface area contributed by atoms with Gasteiger partial charge in [-0.05, 0) is 38.0 Å². The molecule has 0 aliphatic carbocycles. The molecule has 1 aromatic rings. The lowest BCUT2D eigenvalue weighted by Gasteiger charge is -2.12. The maximum atomic E-state index is 12.5. The SMILES string of the molecule is C/C=C\C(OCc1ncc(C(F)(F)F)cc1Cl)=C(/C)CC. The van der Waals surface area contributed by atoms with E-state index in [2.05, 4.69) is 4.98 Å². The summed E-state index contributed by atoms with van der Waals surface area (Å²) in [5.41, 5.74) is 0.442. The fourth-order valence-electron chi connectivity index (χ4n) is 1.51. The summed E-state index contributed by atoms with van der Waals surface area (Å²) in [6, 6.07) is 0.860. The predicted octanol–water partition coefficient (Wildman–Crippen LogP) is 5.53. The van der Waals surface area contributed by atoms with Crippen molar-refractivity contribution in [2.75, 3.05) is 0 Å². The highest BCUT2D eigenvalue weighted by atomic mass is 35.5. The number of alkyl halides is 3. The minimum absolute atomic E-state index is 0.0218. The van der Waals surface area contributed by atoms with Crippen LogP contribution in [0.15, 0.2) is 35.7 Å². The Morgan fingerprint density at radius 3 is 2.57 bits per heavy atom. The second-order valence-corrected chi connectivity index (χ2v) is 4.84. The van der Waals surface area contributed by atoms with Crippen molar-refractivity contribution in [1.82, 2.24) is 4.98 Å². The molecule has 21 heavy (non-hydrogen) atoms. The molecule has 0 fully saturated rings. The van der Waals surface area contributed by atoms with Crippen LogP contribution in [0.3, 0.4) is 0 Å². The van der Waals surface area contributed by atoms with Crippen molar-refractivity contribution < 1.29 is 17.9 Å². The van der Waals surface area contributed by atoms with E-state index in [1.807, 2.05) is 26.8 Å². The second kappa shape index (κ2) is 7.50. The Kier molecular flexibility index (Phi) is 6.27. The predicted molar refractivity (Wildman–Crippen MR) is 76.8 cm³/mol. The standard InChI is InChI=1S/C15H17ClF3NO/c1-4-6-14(10(3)5-2)21-9-13-12(16)7-11(8-20-13)15(17,18)19/h4,6-8H,5,9H2,1-3H3/b6-4-,14-10-. The minimum Gasteiger partial charge on any atom is -0.487 e. The van der Waals surface area contributed by atoms with E-state index in [0.717, 1.165) is 24.3 Å². The number of allylic oxidation sites excluding steroid dienone is 3. The molecule has 0 saturated heterocycles. The topological polar surface area (TPSA) is 22.1 Å². The molecule has 0 unspecified atom stereocenters. The van der Waals surface area contributed by atoms with Crippen LogP contribution in [0.2, 0.25) is 5.02 Å². The number of nitrogens with zero attached hydrogens (tertiary/aromatic N) is 1. The van der Waals surface area contributed by atoms with Gasteiger partial charge in [0.05, 0.1) is 16.3 Å². The third-order valence-electron chi connectivity index (χ3n) is 2.88. The van der Waals surface area contributed by atoms with E-state index in [-0.39, 0.29) is 17.3 Å². The smallest absolute Gasteiger partial charge is 0.417 e. The molecule has 0 N–H and O–H groups in total. The highest BCUT2D eigenvalue weighted by Crippen LogP contribution is 2.31. The van der Waals surface area contributed by atoms with Gasteiger partial charge in [-0.2, -0.15) is 13.2 Å². The molecule has 2 nitrogen and oxygen atoms in total. The van der Waals surface area contributed by atoms with E-state index in [4.69, 9.17) is 16.3 Å². The van der Waals surface area contributed by atoms with E-state index >= 15 is 0 Å². The molecular formula is C15H17ClF3NO. The number of ether oxygens (including phenoxy) is 1. The fraction of sp³-hybridized carbons (Fsp3) is 0.400. The molecule has 0 bridgehead atoms. The van der Waals surface area contributed by atoms with Gasteiger partial charge in [-0.25, -0.2) is 0 Å². The number of aromatic nitrogens is 1. The number of pyridine rings is 1. The van der Waals surface area contributed by atoms with Gasteiger partial charge < -0.3 is 4.74 Å². The first-order chi connectivity index (χ1) is 9.79. The Bertz CT molecular complexity index is 550. The van der Waals surface area contributed by atoms with Crippen LogP contribution in [0.25, 0.3) is 0 Å². The van der Waals surface area contributed by atoms with Crippen LogP contribution in [-0.2, 0) is 17.5 Å². The Hall–Kier alpha value is -1.49. The average molecular weight is 320 g/mol. The van der Waals surface area contributed by atoms with Crippen LogP contribution in [0.5, 0.6) is 0 Å². The fourth-order valence-corrected chi connectivity index (χ4v) is 1.73. The summed E-state index contributed by atoms with van der Waals surface area (Å²) in [6.45, 7) is 5.80. The van der Waals surface area contributed by atoms with Crippen molar-refractivity contribution in [2.24, 2.45) is 0 Å². The van der Waals surface area contributed by atoms with E-state index in [9.17, 15) is 13.2 Å². The molecular weight excluding hydrogens is 303 g/mol. The Balaban J connectivity index is 2.90. The average Bonchev–Trinajstić information content (AvgIpc) is 2.42. The molecule has 1 aromatic heterocycles. The first-order valence-electron chi connectivity index (χ1n) is 6.46. The van der Waals surface area contributed by atoms with Gasteiger partial charge in [-0.15, -0.1) is 0 Å². The van der Waals surface area contributed by atoms with Crippen LogP contribution in [-0.4, -0.2) is 4.98 Å². The van der Waals surface area contributed by atoms with Crippen LogP contribution in [0, 0.1) is 0 Å². The molecule has 0 spiro atoms. The summed E-state index contributed by atoms with van der Waals surface area (Å²) >= 11 is 5.83. The first-order valence-corrected chi connectivity index (χ1v) is 6.84. The lowest BCUT2D eigenvalue weighted by atomic mass is 10.2. The molecule has 0 atom stereocenters. The van der Waals surface area contributed by atoms with E-state index in [0.29, 0.717) is 5.76 Å². The van der Waals surface area contributed by atoms with Crippen LogP contribution in [0.1, 0.15) is 38.4 Å². The highest BCUT2D eigenvalue weighted by Gasteiger charge is 2.31. The van der Waals surface area contributed by atoms with E-state index < -0.39 is 11.7 Å². The van der Waals surface area contributed by atoms with Gasteiger partial charge in [0.1, 0.15) is 12.4 Å². The van der Waals surface area contributed by atoms with Gasteiger partial charge in [0.2, 0.25) is 0 Å². The normalized spacial score (nSPS) is 13.5. The van der Waals surface area contributed by atoms with Gasteiger partial charge >= 0.3 is 6.18 Å². The lowest BCUT2D eigenvalue weighted by Crippen LogP contribution is -2.07. The second-order valence-electron chi connectivity index (χ2n) is 4.44. The summed E-state index contributed by atoms with van der Waals surface area (Å²) in [5.74, 6) is 0.678. The van der Waals surface area contributed by atoms with Gasteiger partial charge in [-0.3, -0.25) is 4.98 Å². The highest BCUT2D eigenvalue weighted by molar-refractivity contribution is 6.31. The summed E-state index contributed by atoms with van der Waals surface area (Å²) in [4.78, 5) is 3.74.